The van der Waals surface area contributed by atoms with Crippen LogP contribution in [0.4, 0.5) is 21.7 Å². The SMILES string of the molecule is Fc1ccc(Nc2nc3nonc3nc2N/N=C\c2ccc(-c3ccccc3)o2)cc1. The third kappa shape index (κ3) is 4.08. The molecule has 0 saturated heterocycles. The Bertz CT molecular complexity index is 1350. The number of nitrogens with one attached hydrogen (secondary N) is 2. The number of furan rings is 1. The predicted molar refractivity (Wildman–Crippen MR) is 112 cm³/mol. The molecule has 31 heavy (non-hydrogen) atoms. The molecule has 10 heteroatoms. The number of benzene rings is 2. The van der Waals surface area contributed by atoms with Gasteiger partial charge in [0.2, 0.25) is 11.3 Å². The van der Waals surface area contributed by atoms with Gasteiger partial charge in [0.05, 0.1) is 6.21 Å². The fourth-order valence-electron chi connectivity index (χ4n) is 2.81. The second-order valence-electron chi connectivity index (χ2n) is 6.40. The van der Waals surface area contributed by atoms with E-state index in [9.17, 15) is 4.39 Å². The number of nitrogens with zero attached hydrogens (tertiary/aromatic N) is 5. The van der Waals surface area contributed by atoms with Crippen LogP contribution in [0.15, 0.2) is 80.9 Å². The van der Waals surface area contributed by atoms with Crippen LogP contribution in [0.5, 0.6) is 0 Å². The Morgan fingerprint density at radius 1 is 0.839 bits per heavy atom. The van der Waals surface area contributed by atoms with E-state index in [2.05, 4.69) is 40.8 Å². The van der Waals surface area contributed by atoms with Crippen molar-refractivity contribution in [1.29, 1.82) is 0 Å². The number of hydrazone groups is 1. The fourth-order valence-corrected chi connectivity index (χ4v) is 2.81. The minimum absolute atomic E-state index is 0.215. The van der Waals surface area contributed by atoms with Crippen molar-refractivity contribution in [1.82, 2.24) is 20.3 Å². The first-order valence-corrected chi connectivity index (χ1v) is 9.22. The van der Waals surface area contributed by atoms with Gasteiger partial charge in [-0.05, 0) is 46.7 Å². The molecule has 3 heterocycles. The van der Waals surface area contributed by atoms with Crippen molar-refractivity contribution in [3.63, 3.8) is 0 Å². The molecule has 9 nitrogen and oxygen atoms in total. The van der Waals surface area contributed by atoms with E-state index in [1.54, 1.807) is 12.1 Å². The summed E-state index contributed by atoms with van der Waals surface area (Å²) in [6, 6.07) is 19.2. The average Bonchev–Trinajstić information content (AvgIpc) is 3.45. The van der Waals surface area contributed by atoms with Gasteiger partial charge in [0, 0.05) is 11.3 Å². The van der Waals surface area contributed by atoms with Gasteiger partial charge in [-0.2, -0.15) is 10.1 Å². The van der Waals surface area contributed by atoms with Gasteiger partial charge in [-0.1, -0.05) is 30.3 Å². The van der Waals surface area contributed by atoms with Gasteiger partial charge in [0.15, 0.2) is 11.6 Å². The Morgan fingerprint density at radius 3 is 2.35 bits per heavy atom. The molecular formula is C21H14FN7O2. The van der Waals surface area contributed by atoms with E-state index in [-0.39, 0.29) is 22.9 Å². The molecule has 0 aliphatic heterocycles. The lowest BCUT2D eigenvalue weighted by molar-refractivity contribution is 0.314. The molecule has 0 bridgehead atoms. The number of fused-ring (bicyclic) bond motifs is 1. The van der Waals surface area contributed by atoms with Gasteiger partial charge in [-0.3, -0.25) is 5.43 Å². The number of aromatic nitrogens is 4. The van der Waals surface area contributed by atoms with E-state index in [0.717, 1.165) is 11.3 Å². The van der Waals surface area contributed by atoms with Crippen molar-refractivity contribution >= 4 is 34.8 Å². The first kappa shape index (κ1) is 18.4. The summed E-state index contributed by atoms with van der Waals surface area (Å²) in [5.41, 5.74) is 4.83. The molecule has 0 spiro atoms. The second-order valence-corrected chi connectivity index (χ2v) is 6.40. The van der Waals surface area contributed by atoms with Gasteiger partial charge < -0.3 is 9.73 Å². The number of hydrogen-bond acceptors (Lipinski definition) is 9. The van der Waals surface area contributed by atoms with Gasteiger partial charge in [0.25, 0.3) is 0 Å². The summed E-state index contributed by atoms with van der Waals surface area (Å²) < 4.78 is 23.6. The van der Waals surface area contributed by atoms with Crippen molar-refractivity contribution in [3.05, 3.63) is 78.3 Å². The Balaban J connectivity index is 1.38. The highest BCUT2D eigenvalue weighted by Crippen LogP contribution is 2.24. The lowest BCUT2D eigenvalue weighted by Crippen LogP contribution is -2.03. The Labute approximate surface area is 174 Å². The predicted octanol–water partition coefficient (Wildman–Crippen LogP) is 4.60. The summed E-state index contributed by atoms with van der Waals surface area (Å²) in [5.74, 6) is 1.53. The molecule has 5 aromatic rings. The summed E-state index contributed by atoms with van der Waals surface area (Å²) in [6.07, 6.45) is 1.51. The van der Waals surface area contributed by atoms with Gasteiger partial charge in [-0.25, -0.2) is 14.0 Å². The summed E-state index contributed by atoms with van der Waals surface area (Å²) in [6.45, 7) is 0. The van der Waals surface area contributed by atoms with Gasteiger partial charge in [-0.15, -0.1) is 0 Å². The Hall–Kier alpha value is -4.60. The van der Waals surface area contributed by atoms with Crippen molar-refractivity contribution < 1.29 is 13.4 Å². The smallest absolute Gasteiger partial charge is 0.245 e. The van der Waals surface area contributed by atoms with Gasteiger partial charge in [0.1, 0.15) is 17.3 Å². The second kappa shape index (κ2) is 8.03. The largest absolute Gasteiger partial charge is 0.455 e. The Kier molecular flexibility index (Phi) is 4.77. The molecule has 0 amide bonds. The molecule has 0 saturated carbocycles. The standard InChI is InChI=1S/C21H14FN7O2/c22-14-6-8-15(9-7-14)24-18-19(26-21-20(25-18)28-31-29-21)27-23-12-16-10-11-17(30-16)13-4-2-1-3-5-13/h1-12H,(H,24,25,28)(H,26,27,29)/b23-12-. The maximum absolute atomic E-state index is 13.2. The monoisotopic (exact) mass is 415 g/mol. The minimum atomic E-state index is -0.343. The molecule has 3 aromatic heterocycles. The summed E-state index contributed by atoms with van der Waals surface area (Å²) in [4.78, 5) is 8.64. The summed E-state index contributed by atoms with van der Waals surface area (Å²) in [7, 11) is 0. The topological polar surface area (TPSA) is 114 Å². The van der Waals surface area contributed by atoms with Crippen molar-refractivity contribution in [3.8, 4) is 11.3 Å². The summed E-state index contributed by atoms with van der Waals surface area (Å²) in [5, 5.41) is 14.6. The van der Waals surface area contributed by atoms with E-state index < -0.39 is 0 Å². The maximum Gasteiger partial charge on any atom is 0.245 e. The molecule has 0 atom stereocenters. The molecule has 152 valence electrons. The van der Waals surface area contributed by atoms with Crippen LogP contribution in [0.25, 0.3) is 22.6 Å². The number of halogens is 1. The van der Waals surface area contributed by atoms with Crippen LogP contribution in [-0.2, 0) is 0 Å². The van der Waals surface area contributed by atoms with Crippen molar-refractivity contribution in [2.24, 2.45) is 5.10 Å². The Morgan fingerprint density at radius 2 is 1.58 bits per heavy atom. The van der Waals surface area contributed by atoms with Crippen LogP contribution in [0, 0.1) is 5.82 Å². The van der Waals surface area contributed by atoms with Crippen LogP contribution < -0.4 is 10.7 Å². The highest BCUT2D eigenvalue weighted by Gasteiger charge is 2.13. The highest BCUT2D eigenvalue weighted by molar-refractivity contribution is 5.80. The molecule has 0 radical (unpaired) electrons. The van der Waals surface area contributed by atoms with E-state index in [1.165, 1.54) is 18.3 Å². The van der Waals surface area contributed by atoms with E-state index in [4.69, 9.17) is 4.42 Å². The first-order valence-electron chi connectivity index (χ1n) is 9.22. The molecule has 0 aliphatic carbocycles. The molecule has 5 rings (SSSR count). The van der Waals surface area contributed by atoms with Crippen LogP contribution in [-0.4, -0.2) is 26.5 Å². The minimum Gasteiger partial charge on any atom is -0.455 e. The quantitative estimate of drug-likeness (QED) is 0.305. The molecular weight excluding hydrogens is 401 g/mol. The highest BCUT2D eigenvalue weighted by atomic mass is 19.1. The first-order chi connectivity index (χ1) is 15.2. The lowest BCUT2D eigenvalue weighted by atomic mass is 10.2. The molecule has 2 aromatic carbocycles. The van der Waals surface area contributed by atoms with E-state index in [1.807, 2.05) is 42.5 Å². The number of anilines is 3. The molecule has 0 aliphatic rings. The van der Waals surface area contributed by atoms with Crippen LogP contribution >= 0.6 is 0 Å². The number of hydrogen-bond donors (Lipinski definition) is 2. The van der Waals surface area contributed by atoms with Crippen LogP contribution in [0.1, 0.15) is 5.76 Å². The third-order valence-electron chi connectivity index (χ3n) is 4.27. The van der Waals surface area contributed by atoms with Crippen molar-refractivity contribution in [2.75, 3.05) is 10.7 Å². The zero-order chi connectivity index (χ0) is 21.0. The maximum atomic E-state index is 13.2. The third-order valence-corrected chi connectivity index (χ3v) is 4.27. The van der Waals surface area contributed by atoms with Crippen LogP contribution in [0.2, 0.25) is 0 Å². The average molecular weight is 415 g/mol. The molecule has 2 N–H and O–H groups in total. The number of rotatable bonds is 6. The zero-order valence-corrected chi connectivity index (χ0v) is 15.9. The zero-order valence-electron chi connectivity index (χ0n) is 15.9. The van der Waals surface area contributed by atoms with Crippen molar-refractivity contribution in [2.45, 2.75) is 0 Å². The van der Waals surface area contributed by atoms with E-state index >= 15 is 0 Å². The lowest BCUT2D eigenvalue weighted by Gasteiger charge is -2.09. The van der Waals surface area contributed by atoms with E-state index in [0.29, 0.717) is 17.3 Å². The van der Waals surface area contributed by atoms with Crippen LogP contribution in [0.3, 0.4) is 0 Å². The molecule has 0 fully saturated rings. The van der Waals surface area contributed by atoms with Gasteiger partial charge >= 0.3 is 0 Å². The summed E-state index contributed by atoms with van der Waals surface area (Å²) >= 11 is 0. The normalized spacial score (nSPS) is 11.3. The fraction of sp³-hybridized carbons (Fsp3) is 0. The molecule has 0 unspecified atom stereocenters.